The molecule has 0 spiro atoms. The quantitative estimate of drug-likeness (QED) is 0.866. The smallest absolute Gasteiger partial charge is 0.181 e. The Kier molecular flexibility index (Phi) is 3.92. The molecule has 0 unspecified atom stereocenters. The molecule has 0 amide bonds. The largest absolute Gasteiger partial charge is 0.375 e. The molecular formula is C15H21N3S. The Morgan fingerprint density at radius 2 is 2.16 bits per heavy atom. The number of rotatable bonds is 4. The summed E-state index contributed by atoms with van der Waals surface area (Å²) in [6.07, 6.45) is 1.95. The predicted octanol–water partition coefficient (Wildman–Crippen LogP) is 3.67. The minimum atomic E-state index is 0.121. The molecule has 102 valence electrons. The van der Waals surface area contributed by atoms with Gasteiger partial charge in [0, 0.05) is 18.6 Å². The van der Waals surface area contributed by atoms with Gasteiger partial charge in [0.1, 0.15) is 0 Å². The number of nitrogen functional groups attached to an aromatic ring is 1. The maximum absolute atomic E-state index is 5.74. The van der Waals surface area contributed by atoms with E-state index in [1.165, 1.54) is 5.56 Å². The van der Waals surface area contributed by atoms with Crippen LogP contribution in [0.1, 0.15) is 26.3 Å². The van der Waals surface area contributed by atoms with Crippen LogP contribution < -0.4 is 5.73 Å². The number of thiazole rings is 1. The van der Waals surface area contributed by atoms with Crippen LogP contribution in [0, 0.1) is 0 Å². The van der Waals surface area contributed by atoms with Crippen molar-refractivity contribution < 1.29 is 0 Å². The predicted molar refractivity (Wildman–Crippen MR) is 84.4 cm³/mol. The zero-order valence-corrected chi connectivity index (χ0v) is 12.6. The lowest BCUT2D eigenvalue weighted by Crippen LogP contribution is -2.40. The van der Waals surface area contributed by atoms with Gasteiger partial charge in [-0.2, -0.15) is 0 Å². The van der Waals surface area contributed by atoms with E-state index in [1.807, 2.05) is 12.1 Å². The van der Waals surface area contributed by atoms with Gasteiger partial charge in [-0.15, -0.1) is 6.58 Å². The Labute approximate surface area is 118 Å². The molecular weight excluding hydrogens is 254 g/mol. The van der Waals surface area contributed by atoms with Crippen molar-refractivity contribution in [3.8, 4) is 0 Å². The van der Waals surface area contributed by atoms with E-state index < -0.39 is 0 Å². The fourth-order valence-electron chi connectivity index (χ4n) is 2.04. The summed E-state index contributed by atoms with van der Waals surface area (Å²) < 4.78 is 1.16. The van der Waals surface area contributed by atoms with E-state index in [0.29, 0.717) is 5.13 Å². The lowest BCUT2D eigenvalue weighted by Gasteiger charge is -2.34. The monoisotopic (exact) mass is 275 g/mol. The van der Waals surface area contributed by atoms with Gasteiger partial charge in [-0.1, -0.05) is 23.5 Å². The van der Waals surface area contributed by atoms with Crippen LogP contribution >= 0.6 is 11.3 Å². The first-order chi connectivity index (χ1) is 8.90. The molecule has 0 aliphatic heterocycles. The van der Waals surface area contributed by atoms with Gasteiger partial charge in [-0.25, -0.2) is 4.98 Å². The van der Waals surface area contributed by atoms with Crippen molar-refractivity contribution in [2.75, 3.05) is 12.3 Å². The summed E-state index contributed by atoms with van der Waals surface area (Å²) in [5, 5.41) is 0.630. The van der Waals surface area contributed by atoms with Gasteiger partial charge >= 0.3 is 0 Å². The van der Waals surface area contributed by atoms with E-state index in [1.54, 1.807) is 11.3 Å². The van der Waals surface area contributed by atoms with Crippen LogP contribution in [-0.2, 0) is 6.54 Å². The molecule has 2 N–H and O–H groups in total. The van der Waals surface area contributed by atoms with Crippen LogP contribution in [0.5, 0.6) is 0 Å². The normalized spacial score (nSPS) is 12.2. The number of nitrogens with zero attached hydrogens (tertiary/aromatic N) is 2. The molecule has 3 nitrogen and oxygen atoms in total. The molecule has 0 radical (unpaired) electrons. The van der Waals surface area contributed by atoms with Gasteiger partial charge in [0.05, 0.1) is 10.2 Å². The zero-order chi connectivity index (χ0) is 14.0. The number of hydrogen-bond donors (Lipinski definition) is 1. The average Bonchev–Trinajstić information content (AvgIpc) is 2.66. The van der Waals surface area contributed by atoms with Crippen molar-refractivity contribution in [3.63, 3.8) is 0 Å². The summed E-state index contributed by atoms with van der Waals surface area (Å²) in [7, 11) is 0. The molecule has 0 aliphatic rings. The van der Waals surface area contributed by atoms with Crippen LogP contribution in [0.3, 0.4) is 0 Å². The second-order valence-electron chi connectivity index (χ2n) is 5.69. The van der Waals surface area contributed by atoms with Crippen molar-refractivity contribution >= 4 is 26.7 Å². The third-order valence-corrected chi connectivity index (χ3v) is 3.99. The Morgan fingerprint density at radius 1 is 1.42 bits per heavy atom. The number of benzene rings is 1. The SMILES string of the molecule is C=CCN(Cc1ccc2nc(N)sc2c1)C(C)(C)C. The minimum Gasteiger partial charge on any atom is -0.375 e. The highest BCUT2D eigenvalue weighted by atomic mass is 32.1. The molecule has 0 aliphatic carbocycles. The highest BCUT2D eigenvalue weighted by Crippen LogP contribution is 2.26. The first-order valence-corrected chi connectivity index (χ1v) is 7.22. The van der Waals surface area contributed by atoms with Gasteiger partial charge in [0.15, 0.2) is 5.13 Å². The summed E-state index contributed by atoms with van der Waals surface area (Å²) in [5.41, 5.74) is 8.13. The highest BCUT2D eigenvalue weighted by molar-refractivity contribution is 7.22. The molecule has 0 saturated heterocycles. The van der Waals surface area contributed by atoms with Crippen LogP contribution in [0.25, 0.3) is 10.2 Å². The first kappa shape index (κ1) is 14.0. The number of aromatic nitrogens is 1. The molecule has 0 atom stereocenters. The van der Waals surface area contributed by atoms with E-state index in [0.717, 1.165) is 23.3 Å². The maximum Gasteiger partial charge on any atom is 0.181 e. The number of fused-ring (bicyclic) bond motifs is 1. The van der Waals surface area contributed by atoms with Gasteiger partial charge in [0.2, 0.25) is 0 Å². The molecule has 2 aromatic rings. The molecule has 1 aromatic carbocycles. The minimum absolute atomic E-state index is 0.121. The van der Waals surface area contributed by atoms with Crippen molar-refractivity contribution in [2.24, 2.45) is 0 Å². The molecule has 0 fully saturated rings. The van der Waals surface area contributed by atoms with Crippen LogP contribution in [0.2, 0.25) is 0 Å². The van der Waals surface area contributed by atoms with Crippen molar-refractivity contribution in [2.45, 2.75) is 32.9 Å². The average molecular weight is 275 g/mol. The van der Waals surface area contributed by atoms with Gasteiger partial charge < -0.3 is 5.73 Å². The van der Waals surface area contributed by atoms with Crippen molar-refractivity contribution in [1.29, 1.82) is 0 Å². The molecule has 2 rings (SSSR count). The molecule has 0 bridgehead atoms. The van der Waals surface area contributed by atoms with E-state index >= 15 is 0 Å². The lowest BCUT2D eigenvalue weighted by atomic mass is 10.0. The zero-order valence-electron chi connectivity index (χ0n) is 11.8. The summed E-state index contributed by atoms with van der Waals surface area (Å²) >= 11 is 1.54. The summed E-state index contributed by atoms with van der Waals surface area (Å²) in [5.74, 6) is 0. The van der Waals surface area contributed by atoms with Gasteiger partial charge in [-0.3, -0.25) is 4.90 Å². The molecule has 1 aromatic heterocycles. The topological polar surface area (TPSA) is 42.2 Å². The standard InChI is InChI=1S/C15H21N3S/c1-5-8-18(15(2,3)4)10-11-6-7-12-13(9-11)19-14(16)17-12/h5-7,9H,1,8,10H2,2-4H3,(H2,16,17). The fourth-order valence-corrected chi connectivity index (χ4v) is 2.83. The third kappa shape index (κ3) is 3.33. The summed E-state index contributed by atoms with van der Waals surface area (Å²) in [6, 6.07) is 6.36. The van der Waals surface area contributed by atoms with Crippen LogP contribution in [-0.4, -0.2) is 22.0 Å². The molecule has 0 saturated carbocycles. The van der Waals surface area contributed by atoms with E-state index in [9.17, 15) is 0 Å². The Hall–Kier alpha value is -1.39. The fraction of sp³-hybridized carbons (Fsp3) is 0.400. The Morgan fingerprint density at radius 3 is 2.79 bits per heavy atom. The van der Waals surface area contributed by atoms with Crippen molar-refractivity contribution in [1.82, 2.24) is 9.88 Å². The highest BCUT2D eigenvalue weighted by Gasteiger charge is 2.20. The lowest BCUT2D eigenvalue weighted by molar-refractivity contribution is 0.145. The van der Waals surface area contributed by atoms with E-state index in [-0.39, 0.29) is 5.54 Å². The maximum atomic E-state index is 5.74. The number of anilines is 1. The van der Waals surface area contributed by atoms with Gasteiger partial charge in [0.25, 0.3) is 0 Å². The van der Waals surface area contributed by atoms with Crippen molar-refractivity contribution in [3.05, 3.63) is 36.4 Å². The molecule has 1 heterocycles. The van der Waals surface area contributed by atoms with Crippen LogP contribution in [0.4, 0.5) is 5.13 Å². The van der Waals surface area contributed by atoms with Crippen LogP contribution in [0.15, 0.2) is 30.9 Å². The van der Waals surface area contributed by atoms with Gasteiger partial charge in [-0.05, 0) is 38.5 Å². The third-order valence-electron chi connectivity index (χ3n) is 3.14. The molecule has 4 heteroatoms. The number of nitrogens with two attached hydrogens (primary N) is 1. The second kappa shape index (κ2) is 5.31. The summed E-state index contributed by atoms with van der Waals surface area (Å²) in [6.45, 7) is 12.3. The number of hydrogen-bond acceptors (Lipinski definition) is 4. The first-order valence-electron chi connectivity index (χ1n) is 6.41. The molecule has 19 heavy (non-hydrogen) atoms. The van der Waals surface area contributed by atoms with E-state index in [2.05, 4.69) is 49.4 Å². The second-order valence-corrected chi connectivity index (χ2v) is 6.76. The Balaban J connectivity index is 2.25. The van der Waals surface area contributed by atoms with E-state index in [4.69, 9.17) is 5.73 Å². The summed E-state index contributed by atoms with van der Waals surface area (Å²) in [4.78, 5) is 6.68. The Bertz CT molecular complexity index is 581.